The number of anilines is 2. The molecule has 2 aromatic rings. The third kappa shape index (κ3) is 4.59. The van der Waals surface area contributed by atoms with Crippen molar-refractivity contribution in [2.45, 2.75) is 25.9 Å². The van der Waals surface area contributed by atoms with Gasteiger partial charge in [0.25, 0.3) is 0 Å². The fourth-order valence-electron chi connectivity index (χ4n) is 2.26. The maximum atomic E-state index is 12.9. The largest absolute Gasteiger partial charge is 0.462 e. The van der Waals surface area contributed by atoms with Crippen LogP contribution in [0.4, 0.5) is 24.5 Å². The van der Waals surface area contributed by atoms with Crippen molar-refractivity contribution >= 4 is 17.3 Å². The van der Waals surface area contributed by atoms with Crippen molar-refractivity contribution in [3.05, 3.63) is 64.6 Å². The fraction of sp³-hybridized carbons (Fsp3) is 0.278. The molecule has 0 aliphatic rings. The van der Waals surface area contributed by atoms with E-state index in [0.717, 1.165) is 23.6 Å². The zero-order valence-corrected chi connectivity index (χ0v) is 14.0. The molecule has 138 valence electrons. The van der Waals surface area contributed by atoms with Crippen LogP contribution in [-0.4, -0.2) is 12.6 Å². The normalized spacial score (nSPS) is 11.1. The number of carbonyl (C=O) groups is 1. The zero-order valence-electron chi connectivity index (χ0n) is 14.0. The third-order valence-corrected chi connectivity index (χ3v) is 3.58. The molecule has 0 spiro atoms. The molecule has 8 heteroatoms. The minimum Gasteiger partial charge on any atom is -0.462 e. The lowest BCUT2D eigenvalue weighted by Gasteiger charge is -2.19. The van der Waals surface area contributed by atoms with Crippen molar-refractivity contribution in [1.29, 1.82) is 0 Å². The molecule has 0 aliphatic heterocycles. The first kappa shape index (κ1) is 19.4. The van der Waals surface area contributed by atoms with Crippen LogP contribution in [0.3, 0.4) is 0 Å². The number of para-hydroxylation sites is 1. The second-order valence-electron chi connectivity index (χ2n) is 5.45. The van der Waals surface area contributed by atoms with Gasteiger partial charge in [0, 0.05) is 0 Å². The maximum absolute atomic E-state index is 12.9. The summed E-state index contributed by atoms with van der Waals surface area (Å²) in [5, 5.41) is 3.54. The van der Waals surface area contributed by atoms with E-state index in [1.54, 1.807) is 12.1 Å². The number of halogens is 3. The number of nitrogens with zero attached hydrogens (tertiary/aromatic N) is 2. The van der Waals surface area contributed by atoms with Crippen LogP contribution < -0.4 is 5.01 Å². The second-order valence-corrected chi connectivity index (χ2v) is 5.45. The molecule has 0 atom stereocenters. The van der Waals surface area contributed by atoms with Crippen LogP contribution in [0.25, 0.3) is 0 Å². The number of benzene rings is 2. The first-order chi connectivity index (χ1) is 12.4. The molecule has 26 heavy (non-hydrogen) atoms. The predicted molar refractivity (Wildman–Crippen MR) is 91.0 cm³/mol. The summed E-state index contributed by atoms with van der Waals surface area (Å²) in [5.41, 5.74) is -0.945. The van der Waals surface area contributed by atoms with E-state index in [1.165, 1.54) is 24.3 Å². The lowest BCUT2D eigenvalue weighted by molar-refractivity contribution is -0.137. The quantitative estimate of drug-likeness (QED) is 0.282. The molecule has 0 aromatic heterocycles. The summed E-state index contributed by atoms with van der Waals surface area (Å²) in [5.74, 6) is -0.672. The van der Waals surface area contributed by atoms with Crippen molar-refractivity contribution in [2.24, 2.45) is 5.29 Å². The minimum atomic E-state index is -4.57. The molecule has 0 saturated carbocycles. The van der Waals surface area contributed by atoms with Gasteiger partial charge in [-0.2, -0.15) is 18.2 Å². The Morgan fingerprint density at radius 3 is 2.54 bits per heavy atom. The van der Waals surface area contributed by atoms with Gasteiger partial charge in [-0.1, -0.05) is 31.5 Å². The Balaban J connectivity index is 2.40. The molecule has 5 nitrogen and oxygen atoms in total. The van der Waals surface area contributed by atoms with Crippen LogP contribution in [0.5, 0.6) is 0 Å². The van der Waals surface area contributed by atoms with Crippen molar-refractivity contribution in [2.75, 3.05) is 11.6 Å². The second kappa shape index (κ2) is 8.46. The number of carbonyl (C=O) groups excluding carboxylic acids is 1. The number of hydrogen-bond acceptors (Lipinski definition) is 4. The van der Waals surface area contributed by atoms with Crippen LogP contribution >= 0.6 is 0 Å². The molecule has 0 aliphatic carbocycles. The Hall–Kier alpha value is -2.90. The third-order valence-electron chi connectivity index (χ3n) is 3.58. The molecule has 0 saturated heterocycles. The average Bonchev–Trinajstić information content (AvgIpc) is 2.62. The average molecular weight is 366 g/mol. The lowest BCUT2D eigenvalue weighted by Crippen LogP contribution is -2.15. The molecule has 0 heterocycles. The summed E-state index contributed by atoms with van der Waals surface area (Å²) in [7, 11) is 0. The van der Waals surface area contributed by atoms with Crippen LogP contribution in [-0.2, 0) is 10.9 Å². The van der Waals surface area contributed by atoms with E-state index in [4.69, 9.17) is 4.74 Å². The number of esters is 1. The smallest absolute Gasteiger partial charge is 0.416 e. The molecule has 0 amide bonds. The number of unbranched alkanes of at least 4 members (excludes halogenated alkanes) is 1. The molecule has 0 unspecified atom stereocenters. The van der Waals surface area contributed by atoms with Gasteiger partial charge in [0.05, 0.1) is 34.4 Å². The van der Waals surface area contributed by atoms with Gasteiger partial charge in [-0.25, -0.2) is 4.79 Å². The van der Waals surface area contributed by atoms with Crippen molar-refractivity contribution in [3.8, 4) is 0 Å². The van der Waals surface area contributed by atoms with Gasteiger partial charge in [-0.15, -0.1) is 4.91 Å². The molecule has 0 fully saturated rings. The SMILES string of the molecule is CCCCOC(=O)c1ccccc1N(N=O)c1cccc(C(F)(F)F)c1. The minimum absolute atomic E-state index is 0.0422. The van der Waals surface area contributed by atoms with E-state index >= 15 is 0 Å². The highest BCUT2D eigenvalue weighted by molar-refractivity contribution is 5.96. The first-order valence-electron chi connectivity index (χ1n) is 7.95. The summed E-state index contributed by atoms with van der Waals surface area (Å²) in [6.45, 7) is 2.15. The molecule has 2 aromatic carbocycles. The molecule has 2 rings (SSSR count). The van der Waals surface area contributed by atoms with Crippen molar-refractivity contribution < 1.29 is 22.7 Å². The van der Waals surface area contributed by atoms with E-state index < -0.39 is 17.7 Å². The highest BCUT2D eigenvalue weighted by atomic mass is 19.4. The highest BCUT2D eigenvalue weighted by Gasteiger charge is 2.31. The summed E-state index contributed by atoms with van der Waals surface area (Å²) < 4.78 is 43.9. The Bertz CT molecular complexity index is 778. The van der Waals surface area contributed by atoms with Gasteiger partial charge in [-0.3, -0.25) is 0 Å². The Morgan fingerprint density at radius 1 is 1.15 bits per heavy atom. The topological polar surface area (TPSA) is 59.0 Å². The Morgan fingerprint density at radius 2 is 1.88 bits per heavy atom. The molecular formula is C18H17F3N2O3. The van der Waals surface area contributed by atoms with E-state index in [0.29, 0.717) is 6.42 Å². The van der Waals surface area contributed by atoms with Gasteiger partial charge in [-0.05, 0) is 36.8 Å². The molecule has 0 N–H and O–H groups in total. The van der Waals surface area contributed by atoms with Gasteiger partial charge in [0.2, 0.25) is 0 Å². The Kier molecular flexibility index (Phi) is 6.32. The summed E-state index contributed by atoms with van der Waals surface area (Å²) >= 11 is 0. The van der Waals surface area contributed by atoms with Gasteiger partial charge >= 0.3 is 12.1 Å². The van der Waals surface area contributed by atoms with E-state index in [-0.39, 0.29) is 23.5 Å². The monoisotopic (exact) mass is 366 g/mol. The predicted octanol–water partition coefficient (Wildman–Crippen LogP) is 5.48. The number of nitroso groups, excluding NO2 is 1. The van der Waals surface area contributed by atoms with E-state index in [9.17, 15) is 22.9 Å². The standard InChI is InChI=1S/C18H17F3N2O3/c1-2-3-11-26-17(24)15-9-4-5-10-16(15)23(22-25)14-8-6-7-13(12-14)18(19,20)21/h4-10,12H,2-3,11H2,1H3. The van der Waals surface area contributed by atoms with E-state index in [2.05, 4.69) is 5.29 Å². The number of ether oxygens (including phenoxy) is 1. The zero-order chi connectivity index (χ0) is 19.2. The molecule has 0 radical (unpaired) electrons. The summed E-state index contributed by atoms with van der Waals surface area (Å²) in [4.78, 5) is 23.6. The van der Waals surface area contributed by atoms with Crippen molar-refractivity contribution in [3.63, 3.8) is 0 Å². The number of rotatable bonds is 7. The van der Waals surface area contributed by atoms with E-state index in [1.807, 2.05) is 6.92 Å². The first-order valence-corrected chi connectivity index (χ1v) is 7.95. The maximum Gasteiger partial charge on any atom is 0.416 e. The van der Waals surface area contributed by atoms with Crippen LogP contribution in [0.2, 0.25) is 0 Å². The molecule has 0 bridgehead atoms. The highest BCUT2D eigenvalue weighted by Crippen LogP contribution is 2.35. The number of alkyl halides is 3. The van der Waals surface area contributed by atoms with Crippen LogP contribution in [0.15, 0.2) is 53.8 Å². The van der Waals surface area contributed by atoms with Gasteiger partial charge < -0.3 is 4.74 Å². The summed E-state index contributed by atoms with van der Waals surface area (Å²) in [6.07, 6.45) is -3.05. The van der Waals surface area contributed by atoms with Gasteiger partial charge in [0.15, 0.2) is 0 Å². The van der Waals surface area contributed by atoms with Crippen molar-refractivity contribution in [1.82, 2.24) is 0 Å². The van der Waals surface area contributed by atoms with Crippen LogP contribution in [0.1, 0.15) is 35.7 Å². The summed E-state index contributed by atoms with van der Waals surface area (Å²) in [6, 6.07) is 10.1. The number of hydrogen-bond donors (Lipinski definition) is 0. The van der Waals surface area contributed by atoms with Gasteiger partial charge in [0.1, 0.15) is 0 Å². The lowest BCUT2D eigenvalue weighted by atomic mass is 10.1. The molecular weight excluding hydrogens is 349 g/mol. The Labute approximate surface area is 148 Å². The fourth-order valence-corrected chi connectivity index (χ4v) is 2.26. The van der Waals surface area contributed by atoms with Crippen LogP contribution in [0, 0.1) is 4.91 Å².